The van der Waals surface area contributed by atoms with Crippen molar-refractivity contribution in [1.82, 2.24) is 0 Å². The van der Waals surface area contributed by atoms with Gasteiger partial charge in [-0.25, -0.2) is 0 Å². The third-order valence-electron chi connectivity index (χ3n) is 4.68. The van der Waals surface area contributed by atoms with E-state index in [-0.39, 0.29) is 0 Å². The van der Waals surface area contributed by atoms with E-state index >= 15 is 0 Å². The summed E-state index contributed by atoms with van der Waals surface area (Å²) >= 11 is 0. The predicted molar refractivity (Wildman–Crippen MR) is 107 cm³/mol. The molecule has 0 unspecified atom stereocenters. The van der Waals surface area contributed by atoms with Gasteiger partial charge in [0.1, 0.15) is 0 Å². The summed E-state index contributed by atoms with van der Waals surface area (Å²) in [6, 6.07) is 31.9. The summed E-state index contributed by atoms with van der Waals surface area (Å²) in [6.45, 7) is 0.745. The molecule has 25 heavy (non-hydrogen) atoms. The van der Waals surface area contributed by atoms with Crippen LogP contribution in [0.15, 0.2) is 96.0 Å². The maximum absolute atomic E-state index is 4.99. The van der Waals surface area contributed by atoms with Crippen LogP contribution in [0.1, 0.15) is 29.5 Å². The van der Waals surface area contributed by atoms with Crippen LogP contribution in [0, 0.1) is 0 Å². The second-order valence-corrected chi connectivity index (χ2v) is 6.33. The minimum Gasteiger partial charge on any atom is -0.284 e. The predicted octanol–water partition coefficient (Wildman–Crippen LogP) is 6.03. The molecule has 0 spiro atoms. The Kier molecular flexibility index (Phi) is 4.56. The van der Waals surface area contributed by atoms with E-state index in [1.54, 1.807) is 0 Å². The van der Waals surface area contributed by atoms with Crippen molar-refractivity contribution in [3.05, 3.63) is 108 Å². The van der Waals surface area contributed by atoms with Crippen molar-refractivity contribution in [1.29, 1.82) is 0 Å². The molecule has 1 aliphatic rings. The second kappa shape index (κ2) is 7.31. The monoisotopic (exact) mass is 323 g/mol. The summed E-state index contributed by atoms with van der Waals surface area (Å²) in [6.07, 6.45) is 2.07. The molecule has 0 radical (unpaired) electrons. The summed E-state index contributed by atoms with van der Waals surface area (Å²) < 4.78 is 0. The van der Waals surface area contributed by atoms with Crippen molar-refractivity contribution < 1.29 is 0 Å². The molecule has 0 N–H and O–H groups in total. The van der Waals surface area contributed by atoms with E-state index in [2.05, 4.69) is 91.0 Å². The average Bonchev–Trinajstić information content (AvgIpc) is 3.12. The van der Waals surface area contributed by atoms with Gasteiger partial charge >= 0.3 is 0 Å². The minimum absolute atomic E-state index is 0.745. The highest BCUT2D eigenvalue weighted by Gasteiger charge is 2.23. The number of aliphatic imine (C=N–C) groups is 1. The Labute approximate surface area is 149 Å². The lowest BCUT2D eigenvalue weighted by molar-refractivity contribution is 1.04. The Bertz CT molecular complexity index is 891. The summed E-state index contributed by atoms with van der Waals surface area (Å²) in [7, 11) is 0. The van der Waals surface area contributed by atoms with Crippen molar-refractivity contribution >= 4 is 16.9 Å². The first kappa shape index (κ1) is 15.6. The number of rotatable bonds is 4. The molecule has 4 rings (SSSR count). The number of nitrogens with zero attached hydrogens (tertiary/aromatic N) is 1. The highest BCUT2D eigenvalue weighted by Crippen LogP contribution is 2.38. The number of hydrogen-bond donors (Lipinski definition) is 0. The van der Waals surface area contributed by atoms with Crippen LogP contribution in [0.2, 0.25) is 0 Å². The van der Waals surface area contributed by atoms with Crippen LogP contribution < -0.4 is 0 Å². The molecule has 0 saturated carbocycles. The van der Waals surface area contributed by atoms with Gasteiger partial charge in [0.25, 0.3) is 0 Å². The lowest BCUT2D eigenvalue weighted by atomic mass is 9.96. The normalized spacial score (nSPS) is 15.8. The van der Waals surface area contributed by atoms with Crippen LogP contribution in [-0.4, -0.2) is 5.71 Å². The Morgan fingerprint density at radius 2 is 1.16 bits per heavy atom. The molecule has 0 aliphatic heterocycles. The molecule has 0 amide bonds. The van der Waals surface area contributed by atoms with E-state index < -0.39 is 0 Å². The lowest BCUT2D eigenvalue weighted by Crippen LogP contribution is -1.98. The summed E-state index contributed by atoms with van der Waals surface area (Å²) in [5, 5.41) is 0. The van der Waals surface area contributed by atoms with Crippen molar-refractivity contribution in [2.45, 2.75) is 19.4 Å². The average molecular weight is 323 g/mol. The van der Waals surface area contributed by atoms with Crippen LogP contribution in [0.3, 0.4) is 0 Å². The van der Waals surface area contributed by atoms with Gasteiger partial charge in [0, 0.05) is 11.3 Å². The van der Waals surface area contributed by atoms with Gasteiger partial charge < -0.3 is 0 Å². The van der Waals surface area contributed by atoms with Crippen molar-refractivity contribution in [3.8, 4) is 0 Å². The van der Waals surface area contributed by atoms with Crippen LogP contribution >= 0.6 is 0 Å². The highest BCUT2D eigenvalue weighted by atomic mass is 14.7. The van der Waals surface area contributed by atoms with E-state index in [4.69, 9.17) is 4.99 Å². The third kappa shape index (κ3) is 3.46. The zero-order valence-electron chi connectivity index (χ0n) is 14.2. The molecule has 0 bridgehead atoms. The molecule has 0 fully saturated rings. The maximum atomic E-state index is 4.99. The Morgan fingerprint density at radius 1 is 0.600 bits per heavy atom. The number of allylic oxidation sites excluding steroid dienone is 2. The summed E-state index contributed by atoms with van der Waals surface area (Å²) in [4.78, 5) is 4.99. The minimum atomic E-state index is 0.745. The molecule has 1 heteroatoms. The van der Waals surface area contributed by atoms with Gasteiger partial charge in [-0.05, 0) is 35.1 Å². The van der Waals surface area contributed by atoms with Gasteiger partial charge in [-0.1, -0.05) is 91.0 Å². The molecule has 0 aromatic heterocycles. The van der Waals surface area contributed by atoms with Gasteiger partial charge in [0.15, 0.2) is 0 Å². The first-order valence-electron chi connectivity index (χ1n) is 8.83. The van der Waals surface area contributed by atoms with Crippen molar-refractivity contribution in [3.63, 3.8) is 0 Å². The largest absolute Gasteiger partial charge is 0.284 e. The van der Waals surface area contributed by atoms with E-state index in [0.29, 0.717) is 0 Å². The molecule has 1 nitrogen and oxygen atoms in total. The molecule has 0 heterocycles. The van der Waals surface area contributed by atoms with E-state index in [1.165, 1.54) is 33.5 Å². The van der Waals surface area contributed by atoms with Crippen molar-refractivity contribution in [2.75, 3.05) is 0 Å². The molecule has 1 aliphatic carbocycles. The van der Waals surface area contributed by atoms with Crippen LogP contribution in [0.25, 0.3) is 11.1 Å². The zero-order chi connectivity index (χ0) is 16.9. The molecule has 3 aromatic rings. The fourth-order valence-electron chi connectivity index (χ4n) is 3.47. The van der Waals surface area contributed by atoms with Crippen LogP contribution in [0.4, 0.5) is 0 Å². The standard InChI is InChI=1S/C24H21N/c1-4-10-19(11-5-1)18-25-23-17-16-22(20-12-6-2-7-13-20)24(23)21-14-8-3-9-15-21/h1-15H,16-18H2. The molecular weight excluding hydrogens is 302 g/mol. The van der Waals surface area contributed by atoms with Crippen LogP contribution in [0.5, 0.6) is 0 Å². The lowest BCUT2D eigenvalue weighted by Gasteiger charge is -2.10. The topological polar surface area (TPSA) is 12.4 Å². The third-order valence-corrected chi connectivity index (χ3v) is 4.68. The Hall–Kier alpha value is -2.93. The highest BCUT2D eigenvalue weighted by molar-refractivity contribution is 6.33. The SMILES string of the molecule is c1ccc(CN=C2CCC(c3ccccc3)=C2c2ccccc2)cc1. The van der Waals surface area contributed by atoms with Gasteiger partial charge in [0.2, 0.25) is 0 Å². The number of hydrogen-bond acceptors (Lipinski definition) is 1. The van der Waals surface area contributed by atoms with Gasteiger partial charge in [-0.3, -0.25) is 4.99 Å². The maximum Gasteiger partial charge on any atom is 0.0643 e. The molecule has 0 saturated heterocycles. The molecule has 122 valence electrons. The van der Waals surface area contributed by atoms with Crippen LogP contribution in [-0.2, 0) is 6.54 Å². The first-order chi connectivity index (χ1) is 12.4. The van der Waals surface area contributed by atoms with Crippen molar-refractivity contribution in [2.24, 2.45) is 4.99 Å². The van der Waals surface area contributed by atoms with E-state index in [1.807, 2.05) is 0 Å². The van der Waals surface area contributed by atoms with E-state index in [0.717, 1.165) is 19.4 Å². The quantitative estimate of drug-likeness (QED) is 0.555. The first-order valence-corrected chi connectivity index (χ1v) is 8.83. The fourth-order valence-corrected chi connectivity index (χ4v) is 3.47. The Morgan fingerprint density at radius 3 is 1.80 bits per heavy atom. The summed E-state index contributed by atoms with van der Waals surface area (Å²) in [5.74, 6) is 0. The Balaban J connectivity index is 1.76. The molecule has 0 atom stereocenters. The second-order valence-electron chi connectivity index (χ2n) is 6.33. The summed E-state index contributed by atoms with van der Waals surface area (Å²) in [5.41, 5.74) is 7.81. The molecular formula is C24H21N. The number of benzene rings is 3. The smallest absolute Gasteiger partial charge is 0.0643 e. The zero-order valence-corrected chi connectivity index (χ0v) is 14.2. The van der Waals surface area contributed by atoms with Gasteiger partial charge in [-0.15, -0.1) is 0 Å². The van der Waals surface area contributed by atoms with Gasteiger partial charge in [-0.2, -0.15) is 0 Å². The van der Waals surface area contributed by atoms with E-state index in [9.17, 15) is 0 Å². The van der Waals surface area contributed by atoms with Gasteiger partial charge in [0.05, 0.1) is 6.54 Å². The molecule has 3 aromatic carbocycles. The fraction of sp³-hybridized carbons (Fsp3) is 0.125.